The Morgan fingerprint density at radius 1 is 1.00 bits per heavy atom. The van der Waals surface area contributed by atoms with Crippen LogP contribution in [-0.4, -0.2) is 30.6 Å². The Morgan fingerprint density at radius 3 is 2.22 bits per heavy atom. The summed E-state index contributed by atoms with van der Waals surface area (Å²) in [5.74, 6) is 0.201. The maximum atomic E-state index is 11.7. The number of hydrogen-bond donors (Lipinski definition) is 1. The molecule has 0 amide bonds. The van der Waals surface area contributed by atoms with E-state index in [0.717, 1.165) is 18.5 Å². The van der Waals surface area contributed by atoms with Crippen molar-refractivity contribution in [2.45, 2.75) is 31.8 Å². The lowest BCUT2D eigenvalue weighted by Crippen LogP contribution is -2.48. The smallest absolute Gasteiger partial charge is 0.0971 e. The van der Waals surface area contributed by atoms with Gasteiger partial charge in [0, 0.05) is 17.9 Å². The molecular formula is C21H27NO. The molecule has 2 heteroatoms. The number of nitrogens with zero attached hydrogens (tertiary/aromatic N) is 1. The first kappa shape index (κ1) is 16.2. The fourth-order valence-electron chi connectivity index (χ4n) is 4.68. The van der Waals surface area contributed by atoms with Crippen LogP contribution in [0.5, 0.6) is 0 Å². The Hall–Kier alpha value is -1.64. The molecule has 0 spiro atoms. The van der Waals surface area contributed by atoms with E-state index in [2.05, 4.69) is 81.4 Å². The highest BCUT2D eigenvalue weighted by molar-refractivity contribution is 5.50. The molecule has 0 unspecified atom stereocenters. The molecule has 0 fully saturated rings. The van der Waals surface area contributed by atoms with Gasteiger partial charge in [0.25, 0.3) is 0 Å². The van der Waals surface area contributed by atoms with E-state index in [1.165, 1.54) is 11.1 Å². The topological polar surface area (TPSA) is 23.5 Å². The SMILES string of the molecule is CC[C@]1(O)c2ccccc2[C@H](c2ccccc2)[C@@]1(C)CN(C)C. The van der Waals surface area contributed by atoms with Gasteiger partial charge in [-0.1, -0.05) is 68.4 Å². The maximum absolute atomic E-state index is 11.7. The third-order valence-electron chi connectivity index (χ3n) is 5.59. The summed E-state index contributed by atoms with van der Waals surface area (Å²) in [5.41, 5.74) is 2.58. The molecule has 0 radical (unpaired) electrons. The summed E-state index contributed by atoms with van der Waals surface area (Å²) in [7, 11) is 4.18. The summed E-state index contributed by atoms with van der Waals surface area (Å²) >= 11 is 0. The third-order valence-corrected chi connectivity index (χ3v) is 5.59. The second-order valence-corrected chi connectivity index (χ2v) is 7.30. The Balaban J connectivity index is 2.26. The fourth-order valence-corrected chi connectivity index (χ4v) is 4.68. The molecule has 0 bridgehead atoms. The summed E-state index contributed by atoms with van der Waals surface area (Å²) in [6.45, 7) is 5.18. The lowest BCUT2D eigenvalue weighted by atomic mass is 9.65. The lowest BCUT2D eigenvalue weighted by molar-refractivity contribution is -0.0889. The standard InChI is InChI=1S/C21H27NO/c1-5-21(23)18-14-10-9-13-17(18)19(16-11-7-6-8-12-16)20(21,2)15-22(3)4/h6-14,19,23H,5,15H2,1-4H3/t19-,20+,21-/m0/s1. The molecule has 122 valence electrons. The van der Waals surface area contributed by atoms with E-state index >= 15 is 0 Å². The average Bonchev–Trinajstić information content (AvgIpc) is 2.73. The van der Waals surface area contributed by atoms with Gasteiger partial charge in [0.2, 0.25) is 0 Å². The Labute approximate surface area is 139 Å². The molecule has 2 nitrogen and oxygen atoms in total. The number of fused-ring (bicyclic) bond motifs is 1. The van der Waals surface area contributed by atoms with Gasteiger partial charge in [-0.2, -0.15) is 0 Å². The van der Waals surface area contributed by atoms with E-state index in [1.54, 1.807) is 0 Å². The van der Waals surface area contributed by atoms with Crippen molar-refractivity contribution < 1.29 is 5.11 Å². The molecule has 2 aromatic rings. The normalized spacial score (nSPS) is 29.7. The molecular weight excluding hydrogens is 282 g/mol. The van der Waals surface area contributed by atoms with Crippen molar-refractivity contribution >= 4 is 0 Å². The second-order valence-electron chi connectivity index (χ2n) is 7.30. The van der Waals surface area contributed by atoms with Gasteiger partial charge < -0.3 is 10.0 Å². The Bertz CT molecular complexity index is 681. The van der Waals surface area contributed by atoms with Crippen molar-refractivity contribution in [2.75, 3.05) is 20.6 Å². The molecule has 3 atom stereocenters. The first-order chi connectivity index (χ1) is 10.9. The lowest BCUT2D eigenvalue weighted by Gasteiger charge is -2.45. The number of hydrogen-bond acceptors (Lipinski definition) is 2. The van der Waals surface area contributed by atoms with Crippen LogP contribution in [0.2, 0.25) is 0 Å². The average molecular weight is 309 g/mol. The minimum atomic E-state index is -0.811. The zero-order valence-corrected chi connectivity index (χ0v) is 14.6. The van der Waals surface area contributed by atoms with Crippen LogP contribution in [0.1, 0.15) is 42.9 Å². The molecule has 3 rings (SSSR count). The minimum Gasteiger partial charge on any atom is -0.385 e. The Morgan fingerprint density at radius 2 is 1.61 bits per heavy atom. The summed E-state index contributed by atoms with van der Waals surface area (Å²) < 4.78 is 0. The van der Waals surface area contributed by atoms with Gasteiger partial charge in [0.15, 0.2) is 0 Å². The van der Waals surface area contributed by atoms with Crippen molar-refractivity contribution in [1.82, 2.24) is 4.90 Å². The van der Waals surface area contributed by atoms with Crippen LogP contribution in [0.25, 0.3) is 0 Å². The molecule has 0 saturated carbocycles. The molecule has 2 aromatic carbocycles. The predicted molar refractivity (Wildman–Crippen MR) is 95.6 cm³/mol. The number of benzene rings is 2. The van der Waals surface area contributed by atoms with Crippen molar-refractivity contribution in [2.24, 2.45) is 5.41 Å². The fraction of sp³-hybridized carbons (Fsp3) is 0.429. The summed E-state index contributed by atoms with van der Waals surface area (Å²) in [4.78, 5) is 2.20. The Kier molecular flexibility index (Phi) is 4.07. The van der Waals surface area contributed by atoms with Crippen LogP contribution < -0.4 is 0 Å². The zero-order chi connectivity index (χ0) is 16.7. The molecule has 0 heterocycles. The molecule has 0 aromatic heterocycles. The summed E-state index contributed by atoms with van der Waals surface area (Å²) in [6, 6.07) is 19.1. The molecule has 1 aliphatic rings. The van der Waals surface area contributed by atoms with Gasteiger partial charge in [0.1, 0.15) is 0 Å². The third kappa shape index (κ3) is 2.32. The van der Waals surface area contributed by atoms with Crippen LogP contribution in [0.4, 0.5) is 0 Å². The van der Waals surface area contributed by atoms with E-state index < -0.39 is 5.60 Å². The van der Waals surface area contributed by atoms with Crippen LogP contribution in [0.3, 0.4) is 0 Å². The second kappa shape index (κ2) is 5.77. The van der Waals surface area contributed by atoms with Crippen LogP contribution in [0, 0.1) is 5.41 Å². The van der Waals surface area contributed by atoms with Gasteiger partial charge in [-0.25, -0.2) is 0 Å². The van der Waals surface area contributed by atoms with E-state index in [0.29, 0.717) is 0 Å². The zero-order valence-electron chi connectivity index (χ0n) is 14.6. The van der Waals surface area contributed by atoms with E-state index in [1.807, 2.05) is 6.07 Å². The molecule has 1 N–H and O–H groups in total. The van der Waals surface area contributed by atoms with Gasteiger partial charge in [-0.15, -0.1) is 0 Å². The van der Waals surface area contributed by atoms with E-state index in [9.17, 15) is 5.11 Å². The van der Waals surface area contributed by atoms with Crippen molar-refractivity contribution in [3.8, 4) is 0 Å². The van der Waals surface area contributed by atoms with Crippen molar-refractivity contribution in [3.63, 3.8) is 0 Å². The molecule has 0 saturated heterocycles. The van der Waals surface area contributed by atoms with Crippen LogP contribution in [0.15, 0.2) is 54.6 Å². The van der Waals surface area contributed by atoms with Gasteiger partial charge in [0.05, 0.1) is 5.60 Å². The van der Waals surface area contributed by atoms with Gasteiger partial charge in [-0.3, -0.25) is 0 Å². The first-order valence-electron chi connectivity index (χ1n) is 8.45. The highest BCUT2D eigenvalue weighted by atomic mass is 16.3. The minimum absolute atomic E-state index is 0.201. The largest absolute Gasteiger partial charge is 0.385 e. The quantitative estimate of drug-likeness (QED) is 0.923. The highest BCUT2D eigenvalue weighted by Crippen LogP contribution is 2.61. The predicted octanol–water partition coefficient (Wildman–Crippen LogP) is 4.00. The monoisotopic (exact) mass is 309 g/mol. The first-order valence-corrected chi connectivity index (χ1v) is 8.45. The maximum Gasteiger partial charge on any atom is 0.0971 e. The van der Waals surface area contributed by atoms with E-state index in [-0.39, 0.29) is 11.3 Å². The molecule has 1 aliphatic carbocycles. The summed E-state index contributed by atoms with van der Waals surface area (Å²) in [5, 5.41) is 11.7. The van der Waals surface area contributed by atoms with E-state index in [4.69, 9.17) is 0 Å². The van der Waals surface area contributed by atoms with Crippen molar-refractivity contribution in [3.05, 3.63) is 71.3 Å². The number of rotatable bonds is 4. The van der Waals surface area contributed by atoms with Gasteiger partial charge >= 0.3 is 0 Å². The summed E-state index contributed by atoms with van der Waals surface area (Å²) in [6.07, 6.45) is 0.720. The van der Waals surface area contributed by atoms with Crippen LogP contribution >= 0.6 is 0 Å². The van der Waals surface area contributed by atoms with Gasteiger partial charge in [-0.05, 0) is 37.2 Å². The highest BCUT2D eigenvalue weighted by Gasteiger charge is 2.58. The molecule has 23 heavy (non-hydrogen) atoms. The molecule has 0 aliphatic heterocycles. The number of aliphatic hydroxyl groups is 1. The van der Waals surface area contributed by atoms with Crippen molar-refractivity contribution in [1.29, 1.82) is 0 Å². The van der Waals surface area contributed by atoms with Crippen LogP contribution in [-0.2, 0) is 5.60 Å².